The first-order valence-electron chi connectivity index (χ1n) is 6.04. The first-order chi connectivity index (χ1) is 8.19. The number of phenolic OH excluding ortho intramolecular Hbond substituents is 1. The van der Waals surface area contributed by atoms with Crippen LogP contribution in [0, 0.1) is 5.92 Å². The minimum Gasteiger partial charge on any atom is -0.508 e. The second kappa shape index (κ2) is 5.21. The number of ether oxygens (including phenoxy) is 1. The molecule has 0 heterocycles. The molecule has 1 aliphatic rings. The predicted octanol–water partition coefficient (Wildman–Crippen LogP) is 2.84. The number of carbonyl (C=O) groups excluding carboxylic acids is 1. The highest BCUT2D eigenvalue weighted by atomic mass is 16.5. The van der Waals surface area contributed by atoms with E-state index in [1.54, 1.807) is 12.1 Å². The van der Waals surface area contributed by atoms with Crippen molar-refractivity contribution in [3.05, 3.63) is 29.8 Å². The summed E-state index contributed by atoms with van der Waals surface area (Å²) in [5.74, 6) is 1.16. The maximum atomic E-state index is 11.2. The van der Waals surface area contributed by atoms with Crippen molar-refractivity contribution in [2.75, 3.05) is 7.11 Å². The normalized spacial score (nSPS) is 23.6. The molecule has 0 bridgehead atoms. The summed E-state index contributed by atoms with van der Waals surface area (Å²) in [4.78, 5) is 11.2. The fourth-order valence-corrected chi connectivity index (χ4v) is 2.63. The molecule has 17 heavy (non-hydrogen) atoms. The van der Waals surface area contributed by atoms with Crippen LogP contribution < -0.4 is 0 Å². The summed E-state index contributed by atoms with van der Waals surface area (Å²) in [6, 6.07) is 7.40. The number of hydrogen-bond acceptors (Lipinski definition) is 3. The number of aromatic hydroxyl groups is 1. The molecule has 0 saturated heterocycles. The molecule has 0 aliphatic heterocycles. The lowest BCUT2D eigenvalue weighted by Crippen LogP contribution is -2.07. The zero-order valence-electron chi connectivity index (χ0n) is 10.1. The number of methoxy groups -OCH3 is 1. The van der Waals surface area contributed by atoms with Crippen LogP contribution >= 0.6 is 0 Å². The van der Waals surface area contributed by atoms with Crippen molar-refractivity contribution < 1.29 is 14.6 Å². The van der Waals surface area contributed by atoms with Gasteiger partial charge in [-0.2, -0.15) is 0 Å². The minimum atomic E-state index is -0.110. The van der Waals surface area contributed by atoms with E-state index in [4.69, 9.17) is 4.74 Å². The van der Waals surface area contributed by atoms with Gasteiger partial charge in [0.1, 0.15) is 5.75 Å². The molecule has 3 nitrogen and oxygen atoms in total. The number of carbonyl (C=O) groups is 1. The summed E-state index contributed by atoms with van der Waals surface area (Å²) >= 11 is 0. The molecule has 2 atom stereocenters. The zero-order chi connectivity index (χ0) is 12.3. The Morgan fingerprint density at radius 1 is 1.35 bits per heavy atom. The highest BCUT2D eigenvalue weighted by molar-refractivity contribution is 5.69. The molecule has 0 aromatic heterocycles. The Morgan fingerprint density at radius 3 is 2.71 bits per heavy atom. The van der Waals surface area contributed by atoms with E-state index in [0.29, 0.717) is 24.0 Å². The van der Waals surface area contributed by atoms with Gasteiger partial charge in [-0.15, -0.1) is 0 Å². The van der Waals surface area contributed by atoms with E-state index in [2.05, 4.69) is 0 Å². The van der Waals surface area contributed by atoms with Crippen LogP contribution in [0.25, 0.3) is 0 Å². The predicted molar refractivity (Wildman–Crippen MR) is 64.8 cm³/mol. The van der Waals surface area contributed by atoms with Gasteiger partial charge in [0.15, 0.2) is 0 Å². The third-order valence-electron chi connectivity index (χ3n) is 3.59. The first kappa shape index (κ1) is 12.0. The van der Waals surface area contributed by atoms with Crippen molar-refractivity contribution in [2.45, 2.75) is 31.6 Å². The molecular formula is C14H18O3. The Morgan fingerprint density at radius 2 is 2.06 bits per heavy atom. The maximum absolute atomic E-state index is 11.2. The SMILES string of the molecule is COC(=O)C[C@@H]1CC[C@@H](c2ccc(O)cc2)C1. The van der Waals surface area contributed by atoms with E-state index in [0.717, 1.165) is 19.3 Å². The fraction of sp³-hybridized carbons (Fsp3) is 0.500. The van der Waals surface area contributed by atoms with E-state index < -0.39 is 0 Å². The van der Waals surface area contributed by atoms with Gasteiger partial charge < -0.3 is 9.84 Å². The molecular weight excluding hydrogens is 216 g/mol. The lowest BCUT2D eigenvalue weighted by Gasteiger charge is -2.11. The van der Waals surface area contributed by atoms with E-state index in [1.807, 2.05) is 12.1 Å². The van der Waals surface area contributed by atoms with Gasteiger partial charge in [0.2, 0.25) is 0 Å². The van der Waals surface area contributed by atoms with Gasteiger partial charge >= 0.3 is 5.97 Å². The Labute approximate surface area is 101 Å². The zero-order valence-corrected chi connectivity index (χ0v) is 10.1. The van der Waals surface area contributed by atoms with Gasteiger partial charge in [-0.1, -0.05) is 12.1 Å². The monoisotopic (exact) mass is 234 g/mol. The van der Waals surface area contributed by atoms with Crippen LogP contribution in [0.2, 0.25) is 0 Å². The minimum absolute atomic E-state index is 0.110. The Balaban J connectivity index is 1.93. The third-order valence-corrected chi connectivity index (χ3v) is 3.59. The average Bonchev–Trinajstić information content (AvgIpc) is 2.78. The lowest BCUT2D eigenvalue weighted by molar-refractivity contribution is -0.141. The molecule has 3 heteroatoms. The summed E-state index contributed by atoms with van der Waals surface area (Å²) < 4.78 is 4.70. The van der Waals surface area contributed by atoms with E-state index >= 15 is 0 Å². The molecule has 0 amide bonds. The van der Waals surface area contributed by atoms with Crippen LogP contribution in [-0.4, -0.2) is 18.2 Å². The smallest absolute Gasteiger partial charge is 0.305 e. The standard InChI is InChI=1S/C14H18O3/c1-17-14(16)9-10-2-3-12(8-10)11-4-6-13(15)7-5-11/h4-7,10,12,15H,2-3,8-9H2,1H3/t10-,12-/m1/s1. The number of rotatable bonds is 3. The first-order valence-corrected chi connectivity index (χ1v) is 6.04. The average molecular weight is 234 g/mol. The van der Waals surface area contributed by atoms with Gasteiger partial charge in [-0.25, -0.2) is 0 Å². The molecule has 2 rings (SSSR count). The number of phenols is 1. The number of esters is 1. The van der Waals surface area contributed by atoms with Crippen molar-refractivity contribution in [3.8, 4) is 5.75 Å². The highest BCUT2D eigenvalue weighted by Crippen LogP contribution is 2.40. The van der Waals surface area contributed by atoms with E-state index in [-0.39, 0.29) is 5.97 Å². The van der Waals surface area contributed by atoms with Crippen LogP contribution in [0.5, 0.6) is 5.75 Å². The largest absolute Gasteiger partial charge is 0.508 e. The molecule has 0 unspecified atom stereocenters. The van der Waals surface area contributed by atoms with Crippen molar-refractivity contribution >= 4 is 5.97 Å². The quantitative estimate of drug-likeness (QED) is 0.818. The van der Waals surface area contributed by atoms with Crippen molar-refractivity contribution in [2.24, 2.45) is 5.92 Å². The van der Waals surface area contributed by atoms with E-state index in [9.17, 15) is 9.90 Å². The van der Waals surface area contributed by atoms with Crippen molar-refractivity contribution in [1.82, 2.24) is 0 Å². The molecule has 1 saturated carbocycles. The molecule has 1 fully saturated rings. The van der Waals surface area contributed by atoms with Crippen LogP contribution in [0.3, 0.4) is 0 Å². The molecule has 92 valence electrons. The van der Waals surface area contributed by atoms with Gasteiger partial charge in [0, 0.05) is 6.42 Å². The summed E-state index contributed by atoms with van der Waals surface area (Å²) in [5, 5.41) is 9.24. The molecule has 0 radical (unpaired) electrons. The third kappa shape index (κ3) is 2.99. The second-order valence-electron chi connectivity index (χ2n) is 4.75. The van der Waals surface area contributed by atoms with Gasteiger partial charge in [-0.3, -0.25) is 4.79 Å². The van der Waals surface area contributed by atoms with Crippen LogP contribution in [0.1, 0.15) is 37.2 Å². The summed E-state index contributed by atoms with van der Waals surface area (Å²) in [5.41, 5.74) is 1.26. The second-order valence-corrected chi connectivity index (χ2v) is 4.75. The maximum Gasteiger partial charge on any atom is 0.305 e. The van der Waals surface area contributed by atoms with Crippen LogP contribution in [0.15, 0.2) is 24.3 Å². The number of hydrogen-bond donors (Lipinski definition) is 1. The Kier molecular flexibility index (Phi) is 3.67. The Hall–Kier alpha value is -1.51. The fourth-order valence-electron chi connectivity index (χ4n) is 2.63. The summed E-state index contributed by atoms with van der Waals surface area (Å²) in [7, 11) is 1.44. The molecule has 1 aliphatic carbocycles. The number of benzene rings is 1. The van der Waals surface area contributed by atoms with Crippen LogP contribution in [-0.2, 0) is 9.53 Å². The van der Waals surface area contributed by atoms with Crippen LogP contribution in [0.4, 0.5) is 0 Å². The summed E-state index contributed by atoms with van der Waals surface area (Å²) in [6.45, 7) is 0. The van der Waals surface area contributed by atoms with Gasteiger partial charge in [0.25, 0.3) is 0 Å². The highest BCUT2D eigenvalue weighted by Gasteiger charge is 2.27. The lowest BCUT2D eigenvalue weighted by atomic mass is 9.95. The summed E-state index contributed by atoms with van der Waals surface area (Å²) in [6.07, 6.45) is 3.78. The topological polar surface area (TPSA) is 46.5 Å². The molecule has 0 spiro atoms. The molecule has 1 aromatic carbocycles. The van der Waals surface area contributed by atoms with Crippen molar-refractivity contribution in [1.29, 1.82) is 0 Å². The van der Waals surface area contributed by atoms with Gasteiger partial charge in [-0.05, 0) is 48.8 Å². The van der Waals surface area contributed by atoms with E-state index in [1.165, 1.54) is 12.7 Å². The molecule has 1 aromatic rings. The Bertz CT molecular complexity index is 383. The van der Waals surface area contributed by atoms with Gasteiger partial charge in [0.05, 0.1) is 7.11 Å². The van der Waals surface area contributed by atoms with Crippen molar-refractivity contribution in [3.63, 3.8) is 0 Å². The molecule has 1 N–H and O–H groups in total.